The Morgan fingerprint density at radius 2 is 2.00 bits per heavy atom. The number of ether oxygens (including phenoxy) is 2. The van der Waals surface area contributed by atoms with Gasteiger partial charge in [0.15, 0.2) is 11.5 Å². The second kappa shape index (κ2) is 5.77. The van der Waals surface area contributed by atoms with Crippen LogP contribution in [0.15, 0.2) is 18.2 Å². The van der Waals surface area contributed by atoms with Gasteiger partial charge in [0.2, 0.25) is 5.91 Å². The maximum absolute atomic E-state index is 12.1. The lowest BCUT2D eigenvalue weighted by Gasteiger charge is -2.19. The van der Waals surface area contributed by atoms with Gasteiger partial charge in [-0.2, -0.15) is 8.42 Å². The molecule has 2 aliphatic rings. The van der Waals surface area contributed by atoms with E-state index in [4.69, 9.17) is 13.7 Å². The zero-order chi connectivity index (χ0) is 15.7. The van der Waals surface area contributed by atoms with Crippen LogP contribution < -0.4 is 14.8 Å². The van der Waals surface area contributed by atoms with E-state index in [1.54, 1.807) is 12.1 Å². The van der Waals surface area contributed by atoms with Crippen LogP contribution in [-0.4, -0.2) is 46.4 Å². The molecule has 120 valence electrons. The van der Waals surface area contributed by atoms with E-state index in [1.165, 1.54) is 0 Å². The van der Waals surface area contributed by atoms with Crippen LogP contribution in [0.5, 0.6) is 11.5 Å². The summed E-state index contributed by atoms with van der Waals surface area (Å²) in [5.74, 6) is 0.820. The van der Waals surface area contributed by atoms with Crippen molar-refractivity contribution in [2.24, 2.45) is 0 Å². The lowest BCUT2D eigenvalue weighted by atomic mass is 9.95. The number of amides is 1. The summed E-state index contributed by atoms with van der Waals surface area (Å²) in [5, 5.41) is 2.75. The Morgan fingerprint density at radius 1 is 1.27 bits per heavy atom. The molecular weight excluding hydrogens is 310 g/mol. The normalized spacial score (nSPS) is 24.1. The molecule has 0 saturated carbocycles. The number of rotatable bonds is 4. The molecule has 1 unspecified atom stereocenters. The average molecular weight is 327 g/mol. The monoisotopic (exact) mass is 327 g/mol. The summed E-state index contributed by atoms with van der Waals surface area (Å²) < 4.78 is 37.8. The molecule has 1 aromatic carbocycles. The Morgan fingerprint density at radius 3 is 2.73 bits per heavy atom. The van der Waals surface area contributed by atoms with Gasteiger partial charge in [0.25, 0.3) is 10.1 Å². The van der Waals surface area contributed by atoms with E-state index >= 15 is 0 Å². The second-order valence-electron chi connectivity index (χ2n) is 5.39. The standard InChI is InChI=1S/C14H17NO6S/c1-22(17,18)21-8-10-7-11(14(16)15-10)9-2-3-12-13(6-9)20-5-4-19-12/h2-3,6,10-11H,4-5,7-8H2,1H3,(H,15,16)/t10?,11-/m0/s1. The molecule has 1 N–H and O–H groups in total. The first-order valence-corrected chi connectivity index (χ1v) is 8.78. The molecule has 7 nitrogen and oxygen atoms in total. The maximum Gasteiger partial charge on any atom is 0.264 e. The third kappa shape index (κ3) is 3.33. The van der Waals surface area contributed by atoms with E-state index in [0.717, 1.165) is 11.8 Å². The summed E-state index contributed by atoms with van der Waals surface area (Å²) in [6.07, 6.45) is 1.47. The Kier molecular flexibility index (Phi) is 3.96. The fourth-order valence-corrected chi connectivity index (χ4v) is 3.04. The summed E-state index contributed by atoms with van der Waals surface area (Å²) in [5.41, 5.74) is 0.823. The number of hydrogen-bond donors (Lipinski definition) is 1. The lowest BCUT2D eigenvalue weighted by molar-refractivity contribution is -0.120. The average Bonchev–Trinajstić information content (AvgIpc) is 2.85. The number of hydrogen-bond acceptors (Lipinski definition) is 6. The van der Waals surface area contributed by atoms with Crippen LogP contribution in [0.1, 0.15) is 17.9 Å². The van der Waals surface area contributed by atoms with Gasteiger partial charge in [0.1, 0.15) is 13.2 Å². The Bertz CT molecular complexity index is 687. The molecule has 22 heavy (non-hydrogen) atoms. The van der Waals surface area contributed by atoms with Crippen molar-refractivity contribution in [1.82, 2.24) is 5.32 Å². The Hall–Kier alpha value is -1.80. The van der Waals surface area contributed by atoms with E-state index in [2.05, 4.69) is 5.32 Å². The largest absolute Gasteiger partial charge is 0.486 e. The van der Waals surface area contributed by atoms with Gasteiger partial charge in [-0.05, 0) is 24.1 Å². The maximum atomic E-state index is 12.1. The van der Waals surface area contributed by atoms with Crippen molar-refractivity contribution in [2.45, 2.75) is 18.4 Å². The molecule has 1 aromatic rings. The fraction of sp³-hybridized carbons (Fsp3) is 0.500. The van der Waals surface area contributed by atoms with Gasteiger partial charge < -0.3 is 14.8 Å². The van der Waals surface area contributed by atoms with Crippen molar-refractivity contribution in [3.05, 3.63) is 23.8 Å². The highest BCUT2D eigenvalue weighted by Gasteiger charge is 2.34. The smallest absolute Gasteiger partial charge is 0.264 e. The summed E-state index contributed by atoms with van der Waals surface area (Å²) in [4.78, 5) is 12.1. The van der Waals surface area contributed by atoms with Crippen molar-refractivity contribution in [2.75, 3.05) is 26.1 Å². The second-order valence-corrected chi connectivity index (χ2v) is 7.03. The SMILES string of the molecule is CS(=O)(=O)OCC1C[C@@H](c2ccc3c(c2)OCCO3)C(=O)N1. The number of benzene rings is 1. The first-order valence-electron chi connectivity index (χ1n) is 6.97. The molecule has 2 atom stereocenters. The van der Waals surface area contributed by atoms with Crippen LogP contribution >= 0.6 is 0 Å². The molecule has 0 bridgehead atoms. The van der Waals surface area contributed by atoms with Crippen LogP contribution in [-0.2, 0) is 19.1 Å². The van der Waals surface area contributed by atoms with Gasteiger partial charge in [-0.15, -0.1) is 0 Å². The topological polar surface area (TPSA) is 90.9 Å². The molecule has 0 radical (unpaired) electrons. The zero-order valence-electron chi connectivity index (χ0n) is 12.1. The van der Waals surface area contributed by atoms with Gasteiger partial charge in [-0.1, -0.05) is 6.07 Å². The fourth-order valence-electron chi connectivity index (χ4n) is 2.63. The molecule has 2 aliphatic heterocycles. The predicted octanol–water partition coefficient (Wildman–Crippen LogP) is 0.406. The van der Waals surface area contributed by atoms with E-state index in [-0.39, 0.29) is 24.5 Å². The minimum atomic E-state index is -3.51. The van der Waals surface area contributed by atoms with Gasteiger partial charge >= 0.3 is 0 Å². The highest BCUT2D eigenvalue weighted by molar-refractivity contribution is 7.85. The number of fused-ring (bicyclic) bond motifs is 1. The molecule has 2 heterocycles. The molecule has 3 rings (SSSR count). The van der Waals surface area contributed by atoms with Crippen LogP contribution in [0.2, 0.25) is 0 Å². The van der Waals surface area contributed by atoms with E-state index in [9.17, 15) is 13.2 Å². The van der Waals surface area contributed by atoms with Crippen molar-refractivity contribution < 1.29 is 26.9 Å². The predicted molar refractivity (Wildman–Crippen MR) is 77.5 cm³/mol. The van der Waals surface area contributed by atoms with Gasteiger partial charge in [0, 0.05) is 0 Å². The molecule has 0 aromatic heterocycles. The first-order chi connectivity index (χ1) is 10.4. The molecule has 0 spiro atoms. The van der Waals surface area contributed by atoms with Crippen LogP contribution in [0.25, 0.3) is 0 Å². The number of carbonyl (C=O) groups is 1. The van der Waals surface area contributed by atoms with Gasteiger partial charge in [-0.3, -0.25) is 8.98 Å². The summed E-state index contributed by atoms with van der Waals surface area (Å²) >= 11 is 0. The molecule has 1 fully saturated rings. The highest BCUT2D eigenvalue weighted by Crippen LogP contribution is 2.36. The minimum Gasteiger partial charge on any atom is -0.486 e. The van der Waals surface area contributed by atoms with Crippen LogP contribution in [0, 0.1) is 0 Å². The first kappa shape index (κ1) is 15.1. The van der Waals surface area contributed by atoms with E-state index in [0.29, 0.717) is 31.1 Å². The Labute approximate surface area is 128 Å². The van der Waals surface area contributed by atoms with Gasteiger partial charge in [-0.25, -0.2) is 0 Å². The highest BCUT2D eigenvalue weighted by atomic mass is 32.2. The van der Waals surface area contributed by atoms with E-state index < -0.39 is 10.1 Å². The molecular formula is C14H17NO6S. The summed E-state index contributed by atoms with van der Waals surface area (Å²) in [7, 11) is -3.51. The van der Waals surface area contributed by atoms with Crippen molar-refractivity contribution in [3.8, 4) is 11.5 Å². The summed E-state index contributed by atoms with van der Waals surface area (Å²) in [6, 6.07) is 5.11. The lowest BCUT2D eigenvalue weighted by Crippen LogP contribution is -2.30. The van der Waals surface area contributed by atoms with Crippen molar-refractivity contribution in [1.29, 1.82) is 0 Å². The minimum absolute atomic E-state index is 0.0500. The molecule has 8 heteroatoms. The number of nitrogens with one attached hydrogen (secondary N) is 1. The quantitative estimate of drug-likeness (QED) is 0.805. The van der Waals surface area contributed by atoms with Crippen molar-refractivity contribution in [3.63, 3.8) is 0 Å². The third-order valence-electron chi connectivity index (χ3n) is 3.63. The summed E-state index contributed by atoms with van der Waals surface area (Å²) in [6.45, 7) is 0.949. The van der Waals surface area contributed by atoms with E-state index in [1.807, 2.05) is 6.07 Å². The molecule has 0 aliphatic carbocycles. The van der Waals surface area contributed by atoms with Crippen LogP contribution in [0.3, 0.4) is 0 Å². The van der Waals surface area contributed by atoms with Gasteiger partial charge in [0.05, 0.1) is 24.8 Å². The molecule has 1 amide bonds. The zero-order valence-corrected chi connectivity index (χ0v) is 12.9. The number of carbonyl (C=O) groups excluding carboxylic acids is 1. The van der Waals surface area contributed by atoms with Crippen LogP contribution in [0.4, 0.5) is 0 Å². The van der Waals surface area contributed by atoms with Crippen molar-refractivity contribution >= 4 is 16.0 Å². The molecule has 1 saturated heterocycles. The third-order valence-corrected chi connectivity index (χ3v) is 4.20. The Balaban J connectivity index is 1.71.